The van der Waals surface area contributed by atoms with E-state index in [9.17, 15) is 14.7 Å². The van der Waals surface area contributed by atoms with Gasteiger partial charge in [0.25, 0.3) is 5.91 Å². The molecule has 7 nitrogen and oxygen atoms in total. The Hall–Kier alpha value is -3.19. The van der Waals surface area contributed by atoms with Gasteiger partial charge in [0.15, 0.2) is 11.5 Å². The molecule has 1 heterocycles. The van der Waals surface area contributed by atoms with E-state index in [1.54, 1.807) is 6.92 Å². The summed E-state index contributed by atoms with van der Waals surface area (Å²) < 4.78 is 5.13. The molecule has 1 aliphatic heterocycles. The molecular weight excluding hydrogens is 382 g/mol. The minimum atomic E-state index is -0.800. The van der Waals surface area contributed by atoms with Crippen molar-refractivity contribution < 1.29 is 19.4 Å². The number of phenolic OH excluding ortho intramolecular Hbond substituents is 1. The zero-order valence-corrected chi connectivity index (χ0v) is 16.1. The van der Waals surface area contributed by atoms with Gasteiger partial charge in [-0.15, -0.1) is 0 Å². The van der Waals surface area contributed by atoms with Crippen LogP contribution in [0.25, 0.3) is 0 Å². The lowest BCUT2D eigenvalue weighted by Gasteiger charge is -2.29. The number of amides is 3. The maximum atomic E-state index is 12.9. The number of methoxy groups -OCH3 is 1. The van der Waals surface area contributed by atoms with Gasteiger partial charge in [-0.25, -0.2) is 4.79 Å². The lowest BCUT2D eigenvalue weighted by molar-refractivity contribution is -0.118. The predicted octanol–water partition coefficient (Wildman–Crippen LogP) is 3.00. The fourth-order valence-electron chi connectivity index (χ4n) is 3.04. The Kier molecular flexibility index (Phi) is 5.75. The molecule has 1 aliphatic rings. The van der Waals surface area contributed by atoms with Crippen molar-refractivity contribution in [3.8, 4) is 11.5 Å². The Labute approximate surface area is 167 Å². The molecule has 0 bridgehead atoms. The highest BCUT2D eigenvalue weighted by Crippen LogP contribution is 2.38. The molecule has 0 aliphatic carbocycles. The Balaban J connectivity index is 1.94. The second kappa shape index (κ2) is 8.22. The van der Waals surface area contributed by atoms with Crippen molar-refractivity contribution in [3.05, 3.63) is 69.9 Å². The first-order valence-corrected chi connectivity index (χ1v) is 8.95. The number of nitrogens with one attached hydrogen (secondary N) is 3. The van der Waals surface area contributed by atoms with E-state index in [-0.39, 0.29) is 22.4 Å². The molecular formula is C20H20ClN3O4. The number of carbonyl (C=O) groups is 2. The highest BCUT2D eigenvalue weighted by Gasteiger charge is 2.33. The van der Waals surface area contributed by atoms with E-state index in [4.69, 9.17) is 16.3 Å². The van der Waals surface area contributed by atoms with Crippen LogP contribution in [0.2, 0.25) is 5.02 Å². The molecule has 3 rings (SSSR count). The molecule has 3 amide bonds. The van der Waals surface area contributed by atoms with Gasteiger partial charge < -0.3 is 25.8 Å². The van der Waals surface area contributed by atoms with Crippen LogP contribution in [-0.4, -0.2) is 24.2 Å². The van der Waals surface area contributed by atoms with Crippen LogP contribution in [0.15, 0.2) is 53.7 Å². The van der Waals surface area contributed by atoms with Crippen LogP contribution in [0.3, 0.4) is 0 Å². The summed E-state index contributed by atoms with van der Waals surface area (Å²) in [6.45, 7) is 1.98. The first-order valence-electron chi connectivity index (χ1n) is 8.57. The van der Waals surface area contributed by atoms with Gasteiger partial charge in [0.1, 0.15) is 0 Å². The molecule has 0 radical (unpaired) electrons. The third-order valence-electron chi connectivity index (χ3n) is 4.42. The topological polar surface area (TPSA) is 99.7 Å². The largest absolute Gasteiger partial charge is 0.504 e. The molecule has 2 aromatic carbocycles. The third-order valence-corrected chi connectivity index (χ3v) is 4.75. The summed E-state index contributed by atoms with van der Waals surface area (Å²) in [7, 11) is 1.41. The molecule has 0 saturated heterocycles. The van der Waals surface area contributed by atoms with Crippen molar-refractivity contribution in [3.63, 3.8) is 0 Å². The van der Waals surface area contributed by atoms with Gasteiger partial charge in [-0.05, 0) is 18.6 Å². The zero-order chi connectivity index (χ0) is 20.3. The standard InChI is InChI=1S/C20H20ClN3O4/c1-11-17(19(26)22-10-12-6-4-3-5-7-12)18(24-20(27)23-11)13-8-16(28-2)15(25)9-14(13)21/h3-9,18,25H,10H2,1-2H3,(H,22,26)(H2,23,24,27)/t18-/m0/s1. The number of urea groups is 1. The first-order chi connectivity index (χ1) is 13.4. The number of hydrogen-bond acceptors (Lipinski definition) is 4. The van der Waals surface area contributed by atoms with E-state index in [0.29, 0.717) is 23.4 Å². The summed E-state index contributed by atoms with van der Waals surface area (Å²) >= 11 is 6.29. The molecule has 1 atom stereocenters. The molecule has 28 heavy (non-hydrogen) atoms. The van der Waals surface area contributed by atoms with Crippen molar-refractivity contribution in [1.82, 2.24) is 16.0 Å². The van der Waals surface area contributed by atoms with Crippen LogP contribution in [0.5, 0.6) is 11.5 Å². The van der Waals surface area contributed by atoms with Crippen molar-refractivity contribution in [1.29, 1.82) is 0 Å². The number of carbonyl (C=O) groups excluding carboxylic acids is 2. The highest BCUT2D eigenvalue weighted by atomic mass is 35.5. The predicted molar refractivity (Wildman–Crippen MR) is 105 cm³/mol. The van der Waals surface area contributed by atoms with Gasteiger partial charge in [-0.3, -0.25) is 4.79 Å². The monoisotopic (exact) mass is 401 g/mol. The Morgan fingerprint density at radius 3 is 2.68 bits per heavy atom. The van der Waals surface area contributed by atoms with E-state index >= 15 is 0 Å². The molecule has 146 valence electrons. The lowest BCUT2D eigenvalue weighted by atomic mass is 9.94. The third kappa shape index (κ3) is 4.04. The summed E-state index contributed by atoms with van der Waals surface area (Å²) in [6.07, 6.45) is 0. The van der Waals surface area contributed by atoms with Gasteiger partial charge >= 0.3 is 6.03 Å². The first kappa shape index (κ1) is 19.6. The summed E-state index contributed by atoms with van der Waals surface area (Å²) in [5.41, 5.74) is 2.13. The van der Waals surface area contributed by atoms with E-state index < -0.39 is 12.1 Å². The molecule has 0 spiro atoms. The second-order valence-electron chi connectivity index (χ2n) is 6.28. The Bertz CT molecular complexity index is 944. The van der Waals surface area contributed by atoms with E-state index in [1.807, 2.05) is 30.3 Å². The van der Waals surface area contributed by atoms with Gasteiger partial charge in [0, 0.05) is 23.9 Å². The van der Waals surface area contributed by atoms with Crippen LogP contribution in [0.1, 0.15) is 24.1 Å². The molecule has 0 fully saturated rings. The molecule has 0 saturated carbocycles. The van der Waals surface area contributed by atoms with Crippen molar-refractivity contribution in [2.45, 2.75) is 19.5 Å². The number of rotatable bonds is 5. The number of ether oxygens (including phenoxy) is 1. The maximum absolute atomic E-state index is 12.9. The Morgan fingerprint density at radius 1 is 1.29 bits per heavy atom. The highest BCUT2D eigenvalue weighted by molar-refractivity contribution is 6.31. The Morgan fingerprint density at radius 2 is 2.00 bits per heavy atom. The molecule has 2 aromatic rings. The van der Waals surface area contributed by atoms with Crippen LogP contribution in [0, 0.1) is 0 Å². The summed E-state index contributed by atoms with van der Waals surface area (Å²) in [6, 6.07) is 11.1. The molecule has 0 unspecified atom stereocenters. The van der Waals surface area contributed by atoms with E-state index in [1.165, 1.54) is 19.2 Å². The summed E-state index contributed by atoms with van der Waals surface area (Å²) in [5.74, 6) is -0.289. The van der Waals surface area contributed by atoms with Crippen LogP contribution >= 0.6 is 11.6 Å². The minimum Gasteiger partial charge on any atom is -0.504 e. The van der Waals surface area contributed by atoms with Gasteiger partial charge in [-0.2, -0.15) is 0 Å². The minimum absolute atomic E-state index is 0.132. The number of aromatic hydroxyl groups is 1. The normalized spacial score (nSPS) is 16.2. The van der Waals surface area contributed by atoms with Gasteiger partial charge in [-0.1, -0.05) is 41.9 Å². The van der Waals surface area contributed by atoms with Gasteiger partial charge in [0.05, 0.1) is 23.7 Å². The number of phenols is 1. The fraction of sp³-hybridized carbons (Fsp3) is 0.200. The van der Waals surface area contributed by atoms with E-state index in [0.717, 1.165) is 5.56 Å². The van der Waals surface area contributed by atoms with Gasteiger partial charge in [0.2, 0.25) is 0 Å². The molecule has 0 aromatic heterocycles. The van der Waals surface area contributed by atoms with Crippen LogP contribution in [-0.2, 0) is 11.3 Å². The number of halogens is 1. The second-order valence-corrected chi connectivity index (χ2v) is 6.69. The average molecular weight is 402 g/mol. The maximum Gasteiger partial charge on any atom is 0.319 e. The quantitative estimate of drug-likeness (QED) is 0.618. The van der Waals surface area contributed by atoms with Crippen LogP contribution in [0.4, 0.5) is 4.79 Å². The smallest absolute Gasteiger partial charge is 0.319 e. The molecule has 8 heteroatoms. The number of benzene rings is 2. The van der Waals surface area contributed by atoms with Crippen molar-refractivity contribution in [2.75, 3.05) is 7.11 Å². The molecule has 4 N–H and O–H groups in total. The SMILES string of the molecule is COc1cc([C@@H]2NC(=O)NC(C)=C2C(=O)NCc2ccccc2)c(Cl)cc1O. The van der Waals surface area contributed by atoms with Crippen molar-refractivity contribution >= 4 is 23.5 Å². The summed E-state index contributed by atoms with van der Waals surface area (Å²) in [4.78, 5) is 24.9. The fourth-order valence-corrected chi connectivity index (χ4v) is 3.31. The number of allylic oxidation sites excluding steroid dienone is 1. The van der Waals surface area contributed by atoms with Crippen molar-refractivity contribution in [2.24, 2.45) is 0 Å². The zero-order valence-electron chi connectivity index (χ0n) is 15.4. The lowest BCUT2D eigenvalue weighted by Crippen LogP contribution is -2.47. The summed E-state index contributed by atoms with van der Waals surface area (Å²) in [5, 5.41) is 18.3. The van der Waals surface area contributed by atoms with Crippen LogP contribution < -0.4 is 20.7 Å². The van der Waals surface area contributed by atoms with E-state index in [2.05, 4.69) is 16.0 Å². The average Bonchev–Trinajstić information content (AvgIpc) is 2.66. The number of hydrogen-bond donors (Lipinski definition) is 4.